The van der Waals surface area contributed by atoms with Crippen molar-refractivity contribution in [3.05, 3.63) is 0 Å². The molecule has 0 heterocycles. The first-order valence-corrected chi connectivity index (χ1v) is 12.1. The fourth-order valence-corrected chi connectivity index (χ4v) is 1.81. The van der Waals surface area contributed by atoms with Gasteiger partial charge in [-0.15, -0.1) is 0 Å². The Morgan fingerprint density at radius 1 is 0.865 bits per heavy atom. The molecule has 0 aromatic rings. The molecule has 13 nitrogen and oxygen atoms in total. The smallest absolute Gasteiger partial charge is 0.243 e. The molecular weight excluding hydrogens is 563 g/mol. The second-order valence-corrected chi connectivity index (χ2v) is 7.57. The fraction of sp³-hybridized carbons (Fsp3) is 0.739. The Kier molecular flexibility index (Phi) is 43.3. The van der Waals surface area contributed by atoms with Gasteiger partial charge in [-0.05, 0) is 31.8 Å². The van der Waals surface area contributed by atoms with Crippen molar-refractivity contribution in [3.63, 3.8) is 0 Å². The SMILES string of the molecule is CC(C)CC(NC(=O)CNC(=O)CN[C-]=O)C(=O)NCC(=O)NCC=O.CCC.CCCN.CCN.[Nb]. The first-order valence-electron chi connectivity index (χ1n) is 12.1. The van der Waals surface area contributed by atoms with Gasteiger partial charge in [-0.1, -0.05) is 48.0 Å². The zero-order valence-electron chi connectivity index (χ0n) is 23.1. The van der Waals surface area contributed by atoms with Gasteiger partial charge in [0.2, 0.25) is 23.6 Å². The standard InChI is InChI=1S/C15H24N5O6.C3H9N.C3H8.C2H7N.Nb/c1-10(2)5-11(15(26)19-7-13(24)17-3-4-21)20-14(25)8-18-12(23)6-16-9-22;1-2-3-4;1-3-2;1-2-3;/h4,10-11H,3,5-8H2,1-2H3,(H,16,22)(H,17,24)(H,18,23)(H,19,26)(H,20,25);2-4H2,1H3;3H2,1-2H3;2-3H2,1H3;/q-1;;;;. The number of amides is 5. The Morgan fingerprint density at radius 2 is 1.32 bits per heavy atom. The minimum absolute atomic E-state index is 0. The van der Waals surface area contributed by atoms with E-state index >= 15 is 0 Å². The number of hydrogen-bond acceptors (Lipinski definition) is 8. The molecular formula is C23H48N7NbO6-. The predicted octanol–water partition coefficient (Wildman–Crippen LogP) is -1.54. The Bertz CT molecular complexity index is 592. The van der Waals surface area contributed by atoms with Crippen molar-refractivity contribution >= 4 is 36.3 Å². The van der Waals surface area contributed by atoms with Crippen molar-refractivity contribution in [1.29, 1.82) is 0 Å². The Morgan fingerprint density at radius 3 is 1.73 bits per heavy atom. The molecule has 0 rings (SSSR count). The number of hydrogen-bond donors (Lipinski definition) is 7. The van der Waals surface area contributed by atoms with Crippen molar-refractivity contribution in [2.75, 3.05) is 39.3 Å². The van der Waals surface area contributed by atoms with Gasteiger partial charge in [-0.25, -0.2) is 0 Å². The summed E-state index contributed by atoms with van der Waals surface area (Å²) in [5.74, 6) is -2.19. The molecule has 0 fully saturated rings. The van der Waals surface area contributed by atoms with Gasteiger partial charge in [0, 0.05) is 22.4 Å². The molecule has 0 aromatic heterocycles. The van der Waals surface area contributed by atoms with Crippen LogP contribution in [0.15, 0.2) is 0 Å². The summed E-state index contributed by atoms with van der Waals surface area (Å²) in [4.78, 5) is 66.8. The first-order chi connectivity index (χ1) is 17.0. The molecule has 1 atom stereocenters. The van der Waals surface area contributed by atoms with Crippen LogP contribution >= 0.6 is 0 Å². The van der Waals surface area contributed by atoms with E-state index in [1.165, 1.54) is 12.8 Å². The Balaban J connectivity index is -0.000000265. The number of nitrogens with two attached hydrogens (primary N) is 2. The molecule has 0 bridgehead atoms. The molecule has 0 saturated carbocycles. The summed E-state index contributed by atoms with van der Waals surface area (Å²) >= 11 is 0. The van der Waals surface area contributed by atoms with Crippen LogP contribution in [0, 0.1) is 5.92 Å². The summed E-state index contributed by atoms with van der Waals surface area (Å²) in [6.45, 7) is 12.3. The molecule has 14 heteroatoms. The molecule has 0 aliphatic rings. The van der Waals surface area contributed by atoms with E-state index in [0.29, 0.717) is 12.7 Å². The Labute approximate surface area is 237 Å². The molecule has 37 heavy (non-hydrogen) atoms. The number of rotatable bonds is 14. The molecule has 0 aliphatic carbocycles. The van der Waals surface area contributed by atoms with Gasteiger partial charge in [0.1, 0.15) is 12.3 Å². The number of carbonyl (C=O) groups excluding carboxylic acids is 6. The van der Waals surface area contributed by atoms with Crippen LogP contribution in [0.25, 0.3) is 0 Å². The van der Waals surface area contributed by atoms with E-state index in [0.717, 1.165) is 19.5 Å². The summed E-state index contributed by atoms with van der Waals surface area (Å²) in [5.41, 5.74) is 9.88. The minimum Gasteiger partial charge on any atom is -0.522 e. The van der Waals surface area contributed by atoms with Crippen LogP contribution in [0.3, 0.4) is 0 Å². The van der Waals surface area contributed by atoms with Crippen molar-refractivity contribution in [1.82, 2.24) is 26.6 Å². The molecule has 5 amide bonds. The second-order valence-electron chi connectivity index (χ2n) is 7.57. The van der Waals surface area contributed by atoms with Crippen LogP contribution in [0.1, 0.15) is 60.8 Å². The molecule has 1 unspecified atom stereocenters. The van der Waals surface area contributed by atoms with Gasteiger partial charge in [0.05, 0.1) is 26.2 Å². The van der Waals surface area contributed by atoms with Gasteiger partial charge in [0.15, 0.2) is 0 Å². The van der Waals surface area contributed by atoms with Crippen LogP contribution in [0.4, 0.5) is 0 Å². The molecule has 0 aliphatic heterocycles. The van der Waals surface area contributed by atoms with Gasteiger partial charge in [-0.2, -0.15) is 6.41 Å². The third-order valence-electron chi connectivity index (χ3n) is 3.22. The molecule has 0 aromatic carbocycles. The maximum Gasteiger partial charge on any atom is 0.243 e. The summed E-state index contributed by atoms with van der Waals surface area (Å²) in [7, 11) is 0. The van der Waals surface area contributed by atoms with Gasteiger partial charge in [-0.3, -0.25) is 19.2 Å². The zero-order valence-corrected chi connectivity index (χ0v) is 25.3. The summed E-state index contributed by atoms with van der Waals surface area (Å²) < 4.78 is 0. The van der Waals surface area contributed by atoms with E-state index < -0.39 is 29.7 Å². The maximum absolute atomic E-state index is 12.2. The zero-order chi connectivity index (χ0) is 28.8. The average Bonchev–Trinajstić information content (AvgIpc) is 2.83. The van der Waals surface area contributed by atoms with Crippen molar-refractivity contribution in [2.24, 2.45) is 17.4 Å². The van der Waals surface area contributed by atoms with E-state index in [2.05, 4.69) is 42.0 Å². The summed E-state index contributed by atoms with van der Waals surface area (Å²) in [5, 5.41) is 11.4. The molecule has 9 N–H and O–H groups in total. The molecule has 0 spiro atoms. The van der Waals surface area contributed by atoms with Crippen LogP contribution < -0.4 is 38.1 Å². The topological polar surface area (TPSA) is 215 Å². The summed E-state index contributed by atoms with van der Waals surface area (Å²) in [6.07, 6.45) is 4.51. The second kappa shape index (κ2) is 35.8. The third kappa shape index (κ3) is 41.1. The van der Waals surface area contributed by atoms with Crippen molar-refractivity contribution in [2.45, 2.75) is 66.8 Å². The van der Waals surface area contributed by atoms with Crippen molar-refractivity contribution in [3.8, 4) is 0 Å². The third-order valence-corrected chi connectivity index (χ3v) is 3.22. The van der Waals surface area contributed by atoms with E-state index in [1.54, 1.807) is 0 Å². The van der Waals surface area contributed by atoms with Gasteiger partial charge in [0.25, 0.3) is 0 Å². The van der Waals surface area contributed by atoms with E-state index in [-0.39, 0.29) is 54.5 Å². The normalized spacial score (nSPS) is 9.54. The van der Waals surface area contributed by atoms with Crippen LogP contribution in [0.2, 0.25) is 0 Å². The van der Waals surface area contributed by atoms with E-state index in [4.69, 9.17) is 11.5 Å². The fourth-order valence-electron chi connectivity index (χ4n) is 1.81. The first kappa shape index (κ1) is 44.7. The van der Waals surface area contributed by atoms with Crippen LogP contribution in [-0.4, -0.2) is 81.6 Å². The number of carbonyl (C=O) groups is 5. The number of nitrogens with one attached hydrogen (secondary N) is 5. The van der Waals surface area contributed by atoms with Gasteiger partial charge >= 0.3 is 0 Å². The predicted molar refractivity (Wildman–Crippen MR) is 140 cm³/mol. The van der Waals surface area contributed by atoms with E-state index in [9.17, 15) is 28.8 Å². The minimum atomic E-state index is -0.889. The van der Waals surface area contributed by atoms with E-state index in [1.807, 2.05) is 26.1 Å². The average molecular weight is 612 g/mol. The monoisotopic (exact) mass is 611 g/mol. The van der Waals surface area contributed by atoms with Crippen LogP contribution in [-0.2, 0) is 51.1 Å². The quantitative estimate of drug-likeness (QED) is 0.0527. The Hall–Kier alpha value is -2.32. The van der Waals surface area contributed by atoms with Gasteiger partial charge < -0.3 is 47.6 Å². The number of aldehydes is 1. The summed E-state index contributed by atoms with van der Waals surface area (Å²) in [6, 6.07) is -0.889. The largest absolute Gasteiger partial charge is 0.522 e. The molecule has 217 valence electrons. The molecule has 1 radical (unpaired) electrons. The van der Waals surface area contributed by atoms with Crippen molar-refractivity contribution < 1.29 is 51.1 Å². The maximum atomic E-state index is 12.2. The molecule has 0 saturated heterocycles. The van der Waals surface area contributed by atoms with Crippen LogP contribution in [0.5, 0.6) is 0 Å².